The topological polar surface area (TPSA) is 58.4 Å². The van der Waals surface area contributed by atoms with Crippen LogP contribution in [0.1, 0.15) is 54.4 Å². The van der Waals surface area contributed by atoms with Crippen LogP contribution in [0.3, 0.4) is 0 Å². The summed E-state index contributed by atoms with van der Waals surface area (Å²) in [4.78, 5) is 14.2. The van der Waals surface area contributed by atoms with Crippen molar-refractivity contribution in [2.75, 3.05) is 19.6 Å². The lowest BCUT2D eigenvalue weighted by molar-refractivity contribution is -0.125. The summed E-state index contributed by atoms with van der Waals surface area (Å²) in [7, 11) is 0. The summed E-state index contributed by atoms with van der Waals surface area (Å²) in [5.74, 6) is 0.0804. The number of nitrogens with zero attached hydrogens (tertiary/aromatic N) is 1. The van der Waals surface area contributed by atoms with Gasteiger partial charge in [0.05, 0.1) is 6.54 Å². The number of nitrogens with one attached hydrogen (secondary N) is 1. The average molecular weight is 257 g/mol. The summed E-state index contributed by atoms with van der Waals surface area (Å²) in [5.41, 5.74) is 5.62. The highest BCUT2D eigenvalue weighted by atomic mass is 16.2. The van der Waals surface area contributed by atoms with Gasteiger partial charge in [0, 0.05) is 17.6 Å². The van der Waals surface area contributed by atoms with Crippen molar-refractivity contribution >= 4 is 5.91 Å². The fraction of sp³-hybridized carbons (Fsp3) is 0.929. The quantitative estimate of drug-likeness (QED) is 0.696. The van der Waals surface area contributed by atoms with E-state index in [9.17, 15) is 4.79 Å². The van der Waals surface area contributed by atoms with Crippen molar-refractivity contribution in [2.24, 2.45) is 5.73 Å². The van der Waals surface area contributed by atoms with E-state index in [1.54, 1.807) is 0 Å². The predicted molar refractivity (Wildman–Crippen MR) is 77.5 cm³/mol. The minimum atomic E-state index is -0.137. The van der Waals surface area contributed by atoms with Crippen molar-refractivity contribution in [1.29, 1.82) is 0 Å². The van der Waals surface area contributed by atoms with Crippen molar-refractivity contribution < 1.29 is 4.79 Å². The molecule has 0 saturated heterocycles. The van der Waals surface area contributed by atoms with E-state index >= 15 is 0 Å². The normalized spacial score (nSPS) is 15.6. The first-order chi connectivity index (χ1) is 8.24. The van der Waals surface area contributed by atoms with Gasteiger partial charge >= 0.3 is 0 Å². The number of likely N-dealkylation sites (N-methyl/N-ethyl adjacent to an activating group) is 1. The summed E-state index contributed by atoms with van der Waals surface area (Å²) in [6.45, 7) is 14.3. The largest absolute Gasteiger partial charge is 0.350 e. The van der Waals surface area contributed by atoms with E-state index in [4.69, 9.17) is 5.73 Å². The second kappa shape index (κ2) is 7.10. The van der Waals surface area contributed by atoms with E-state index < -0.39 is 0 Å². The maximum absolute atomic E-state index is 12.1. The molecule has 0 heterocycles. The van der Waals surface area contributed by atoms with Gasteiger partial charge in [-0.2, -0.15) is 0 Å². The van der Waals surface area contributed by atoms with Gasteiger partial charge in [0.15, 0.2) is 0 Å². The molecule has 0 bridgehead atoms. The van der Waals surface area contributed by atoms with Crippen LogP contribution in [0.2, 0.25) is 0 Å². The molecule has 1 atom stereocenters. The molecule has 1 amide bonds. The van der Waals surface area contributed by atoms with Crippen LogP contribution < -0.4 is 11.1 Å². The predicted octanol–water partition coefficient (Wildman–Crippen LogP) is 1.74. The van der Waals surface area contributed by atoms with Gasteiger partial charge in [-0.15, -0.1) is 0 Å². The fourth-order valence-corrected chi connectivity index (χ4v) is 1.86. The molecule has 0 fully saturated rings. The summed E-state index contributed by atoms with van der Waals surface area (Å²) < 4.78 is 0. The van der Waals surface area contributed by atoms with Crippen LogP contribution in [-0.2, 0) is 4.79 Å². The van der Waals surface area contributed by atoms with Crippen molar-refractivity contribution in [2.45, 2.75) is 65.5 Å². The Balaban J connectivity index is 4.60. The van der Waals surface area contributed by atoms with Gasteiger partial charge in [-0.1, -0.05) is 20.8 Å². The van der Waals surface area contributed by atoms with E-state index in [0.29, 0.717) is 13.1 Å². The highest BCUT2D eigenvalue weighted by Crippen LogP contribution is 2.17. The van der Waals surface area contributed by atoms with Crippen molar-refractivity contribution in [3.05, 3.63) is 0 Å². The van der Waals surface area contributed by atoms with Gasteiger partial charge in [0.2, 0.25) is 5.91 Å². The number of nitrogens with two attached hydrogens (primary N) is 1. The molecule has 0 saturated carbocycles. The van der Waals surface area contributed by atoms with Crippen molar-refractivity contribution in [1.82, 2.24) is 10.2 Å². The molecular formula is C14H31N3O. The van der Waals surface area contributed by atoms with Crippen LogP contribution in [0, 0.1) is 0 Å². The molecule has 0 aromatic rings. The smallest absolute Gasteiger partial charge is 0.234 e. The molecule has 0 radical (unpaired) electrons. The molecule has 0 spiro atoms. The molecular weight excluding hydrogens is 226 g/mol. The highest BCUT2D eigenvalue weighted by molar-refractivity contribution is 5.78. The van der Waals surface area contributed by atoms with E-state index in [1.165, 1.54) is 0 Å². The standard InChI is InChI=1S/C14H31N3O/c1-7-13(4,5)16-12(18)10-17(9-3)14(6,8-2)11-15/h7-11,15H2,1-6H3,(H,16,18). The van der Waals surface area contributed by atoms with Crippen LogP contribution >= 0.6 is 0 Å². The van der Waals surface area contributed by atoms with Gasteiger partial charge in [0.25, 0.3) is 0 Å². The van der Waals surface area contributed by atoms with Crippen molar-refractivity contribution in [3.63, 3.8) is 0 Å². The van der Waals surface area contributed by atoms with E-state index in [-0.39, 0.29) is 17.0 Å². The third kappa shape index (κ3) is 4.94. The van der Waals surface area contributed by atoms with E-state index in [2.05, 4.69) is 37.9 Å². The van der Waals surface area contributed by atoms with Gasteiger partial charge in [-0.05, 0) is 40.2 Å². The molecule has 0 aromatic heterocycles. The Labute approximate surface area is 112 Å². The average Bonchev–Trinajstić information content (AvgIpc) is 2.34. The summed E-state index contributed by atoms with van der Waals surface area (Å²) in [5, 5.41) is 3.07. The van der Waals surface area contributed by atoms with Crippen LogP contribution in [0.5, 0.6) is 0 Å². The monoisotopic (exact) mass is 257 g/mol. The zero-order valence-corrected chi connectivity index (χ0v) is 13.0. The SMILES string of the molecule is CCN(CC(=O)NC(C)(C)CC)C(C)(CC)CN. The van der Waals surface area contributed by atoms with E-state index in [0.717, 1.165) is 19.4 Å². The Morgan fingerprint density at radius 1 is 1.17 bits per heavy atom. The third-order valence-electron chi connectivity index (χ3n) is 4.04. The van der Waals surface area contributed by atoms with Crippen LogP contribution in [0.15, 0.2) is 0 Å². The Morgan fingerprint density at radius 3 is 2.06 bits per heavy atom. The zero-order chi connectivity index (χ0) is 14.4. The minimum Gasteiger partial charge on any atom is -0.350 e. The van der Waals surface area contributed by atoms with Crippen molar-refractivity contribution in [3.8, 4) is 0 Å². The molecule has 18 heavy (non-hydrogen) atoms. The summed E-state index contributed by atoms with van der Waals surface area (Å²) in [6, 6.07) is 0. The molecule has 3 N–H and O–H groups in total. The lowest BCUT2D eigenvalue weighted by Crippen LogP contribution is -2.56. The van der Waals surface area contributed by atoms with Crippen LogP contribution in [-0.4, -0.2) is 41.5 Å². The number of carbonyl (C=O) groups excluding carboxylic acids is 1. The first kappa shape index (κ1) is 17.4. The number of rotatable bonds is 8. The third-order valence-corrected chi connectivity index (χ3v) is 4.04. The zero-order valence-electron chi connectivity index (χ0n) is 13.0. The first-order valence-electron chi connectivity index (χ1n) is 7.00. The maximum atomic E-state index is 12.1. The molecule has 108 valence electrons. The summed E-state index contributed by atoms with van der Waals surface area (Å²) in [6.07, 6.45) is 1.87. The Bertz CT molecular complexity index is 260. The highest BCUT2D eigenvalue weighted by Gasteiger charge is 2.29. The Hall–Kier alpha value is -0.610. The molecule has 0 aromatic carbocycles. The van der Waals surface area contributed by atoms with Gasteiger partial charge in [-0.3, -0.25) is 9.69 Å². The fourth-order valence-electron chi connectivity index (χ4n) is 1.86. The second-order valence-electron chi connectivity index (χ2n) is 5.85. The Kier molecular flexibility index (Phi) is 6.86. The van der Waals surface area contributed by atoms with E-state index in [1.807, 2.05) is 13.8 Å². The molecule has 4 heteroatoms. The van der Waals surface area contributed by atoms with Gasteiger partial charge in [0.1, 0.15) is 0 Å². The number of carbonyl (C=O) groups is 1. The second-order valence-corrected chi connectivity index (χ2v) is 5.85. The molecule has 0 aliphatic rings. The number of hydrogen-bond donors (Lipinski definition) is 2. The minimum absolute atomic E-state index is 0.0804. The maximum Gasteiger partial charge on any atom is 0.234 e. The molecule has 0 rings (SSSR count). The number of hydrogen-bond acceptors (Lipinski definition) is 3. The number of amides is 1. The van der Waals surface area contributed by atoms with Crippen LogP contribution in [0.25, 0.3) is 0 Å². The van der Waals surface area contributed by atoms with Gasteiger partial charge in [-0.25, -0.2) is 0 Å². The Morgan fingerprint density at radius 2 is 1.72 bits per heavy atom. The molecule has 4 nitrogen and oxygen atoms in total. The van der Waals surface area contributed by atoms with Gasteiger partial charge < -0.3 is 11.1 Å². The molecule has 0 aliphatic heterocycles. The molecule has 0 aliphatic carbocycles. The molecule has 1 unspecified atom stereocenters. The lowest BCUT2D eigenvalue weighted by Gasteiger charge is -2.39. The lowest BCUT2D eigenvalue weighted by atomic mass is 9.96. The summed E-state index contributed by atoms with van der Waals surface area (Å²) >= 11 is 0. The first-order valence-corrected chi connectivity index (χ1v) is 7.00. The van der Waals surface area contributed by atoms with Crippen LogP contribution in [0.4, 0.5) is 0 Å².